The number of aromatic nitrogens is 1. The molecule has 0 saturated heterocycles. The van der Waals surface area contributed by atoms with Crippen molar-refractivity contribution in [3.05, 3.63) is 59.8 Å². The molecule has 5 nitrogen and oxygen atoms in total. The second-order valence-electron chi connectivity index (χ2n) is 6.70. The number of benzene rings is 2. The monoisotopic (exact) mass is 408 g/mol. The van der Waals surface area contributed by atoms with Crippen LogP contribution in [-0.2, 0) is 16.4 Å². The van der Waals surface area contributed by atoms with Crippen molar-refractivity contribution in [2.75, 3.05) is 27.7 Å². The van der Waals surface area contributed by atoms with E-state index in [4.69, 9.17) is 4.74 Å². The minimum Gasteiger partial charge on any atom is -0.497 e. The summed E-state index contributed by atoms with van der Waals surface area (Å²) in [6.45, 7) is 2.77. The fourth-order valence-corrected chi connectivity index (χ4v) is 4.33. The van der Waals surface area contributed by atoms with Crippen LogP contribution in [0.2, 0.25) is 0 Å². The van der Waals surface area contributed by atoms with Crippen LogP contribution in [0.15, 0.2) is 53.6 Å². The van der Waals surface area contributed by atoms with Crippen molar-refractivity contribution in [2.45, 2.75) is 18.2 Å². The number of hydrogen-bond donors (Lipinski definition) is 0. The molecule has 0 saturated carbocycles. The van der Waals surface area contributed by atoms with Crippen molar-refractivity contribution < 1.29 is 13.2 Å². The van der Waals surface area contributed by atoms with Gasteiger partial charge in [0.05, 0.1) is 17.5 Å². The summed E-state index contributed by atoms with van der Waals surface area (Å²) in [4.78, 5) is 2.37. The van der Waals surface area contributed by atoms with Crippen molar-refractivity contribution in [3.63, 3.8) is 0 Å². The molecular formula is C20H25ClN2O3S. The fourth-order valence-electron chi connectivity index (χ4n) is 2.94. The Morgan fingerprint density at radius 3 is 2.33 bits per heavy atom. The minimum atomic E-state index is -3.66. The molecule has 2 aromatic carbocycles. The molecule has 0 fully saturated rings. The number of nitrogens with zero attached hydrogens (tertiary/aromatic N) is 2. The molecule has 0 unspecified atom stereocenters. The zero-order valence-electron chi connectivity index (χ0n) is 16.0. The first kappa shape index (κ1) is 21.3. The average Bonchev–Trinajstić information content (AvgIpc) is 2.99. The van der Waals surface area contributed by atoms with Crippen LogP contribution in [0.4, 0.5) is 0 Å². The number of hydrogen-bond acceptors (Lipinski definition) is 4. The fraction of sp³-hybridized carbons (Fsp3) is 0.300. The number of likely N-dealkylation sites (N-methyl/N-ethyl adjacent to an activating group) is 1. The van der Waals surface area contributed by atoms with Crippen LogP contribution in [0, 0.1) is 6.92 Å². The Labute approximate surface area is 167 Å². The zero-order chi connectivity index (χ0) is 18.9. The molecule has 1 heterocycles. The van der Waals surface area contributed by atoms with Gasteiger partial charge in [-0.2, -0.15) is 0 Å². The predicted molar refractivity (Wildman–Crippen MR) is 112 cm³/mol. The van der Waals surface area contributed by atoms with Crippen LogP contribution in [0.5, 0.6) is 5.75 Å². The van der Waals surface area contributed by atoms with Crippen molar-refractivity contribution in [2.24, 2.45) is 0 Å². The number of halogens is 1. The lowest BCUT2D eigenvalue weighted by atomic mass is 10.1. The standard InChI is InChI=1S/C20H24N2O3S.ClH/c1-15-5-8-18(9-6-15)26(23,24)22-14-16(11-12-21(2)3)19-13-17(25-4)7-10-20(19)22;/h5-10,13-14H,11-12H2,1-4H3;1H. The van der Waals surface area contributed by atoms with Crippen LogP contribution in [0.3, 0.4) is 0 Å². The van der Waals surface area contributed by atoms with E-state index in [2.05, 4.69) is 4.90 Å². The zero-order valence-corrected chi connectivity index (χ0v) is 17.6. The quantitative estimate of drug-likeness (QED) is 0.623. The molecule has 27 heavy (non-hydrogen) atoms. The molecule has 146 valence electrons. The van der Waals surface area contributed by atoms with E-state index in [0.717, 1.165) is 29.5 Å². The summed E-state index contributed by atoms with van der Waals surface area (Å²) in [6.07, 6.45) is 2.50. The van der Waals surface area contributed by atoms with Gasteiger partial charge in [0.25, 0.3) is 10.0 Å². The summed E-state index contributed by atoms with van der Waals surface area (Å²) in [6, 6.07) is 12.4. The molecule has 0 bridgehead atoms. The average molecular weight is 409 g/mol. The third kappa shape index (κ3) is 4.29. The van der Waals surface area contributed by atoms with Crippen LogP contribution in [-0.4, -0.2) is 45.0 Å². The van der Waals surface area contributed by atoms with Crippen molar-refractivity contribution >= 4 is 33.3 Å². The highest BCUT2D eigenvalue weighted by Gasteiger charge is 2.21. The molecule has 0 amide bonds. The Morgan fingerprint density at radius 2 is 1.74 bits per heavy atom. The molecule has 0 N–H and O–H groups in total. The van der Waals surface area contributed by atoms with Gasteiger partial charge in [-0.05, 0) is 63.3 Å². The molecule has 0 aliphatic carbocycles. The molecule has 0 radical (unpaired) electrons. The van der Waals surface area contributed by atoms with E-state index >= 15 is 0 Å². The van der Waals surface area contributed by atoms with E-state index in [1.54, 1.807) is 37.6 Å². The van der Waals surface area contributed by atoms with Crippen molar-refractivity contribution in [1.29, 1.82) is 0 Å². The third-order valence-corrected chi connectivity index (χ3v) is 6.15. The maximum Gasteiger partial charge on any atom is 0.268 e. The third-order valence-electron chi connectivity index (χ3n) is 4.47. The maximum absolute atomic E-state index is 13.2. The molecule has 0 spiro atoms. The summed E-state index contributed by atoms with van der Waals surface area (Å²) in [7, 11) is 1.96. The normalized spacial score (nSPS) is 11.6. The molecule has 1 aromatic heterocycles. The summed E-state index contributed by atoms with van der Waals surface area (Å²) in [5, 5.41) is 0.905. The van der Waals surface area contributed by atoms with Gasteiger partial charge in [0.1, 0.15) is 5.75 Å². The summed E-state index contributed by atoms with van der Waals surface area (Å²) in [5.74, 6) is 0.717. The first-order valence-electron chi connectivity index (χ1n) is 8.48. The molecule has 0 atom stereocenters. The Kier molecular flexibility index (Phi) is 6.57. The van der Waals surface area contributed by atoms with Gasteiger partial charge in [-0.3, -0.25) is 0 Å². The molecular weight excluding hydrogens is 384 g/mol. The van der Waals surface area contributed by atoms with E-state index in [9.17, 15) is 8.42 Å². The Balaban J connectivity index is 0.00000261. The largest absolute Gasteiger partial charge is 0.497 e. The summed E-state index contributed by atoms with van der Waals surface area (Å²) < 4.78 is 33.1. The Morgan fingerprint density at radius 1 is 1.07 bits per heavy atom. The van der Waals surface area contributed by atoms with Gasteiger partial charge in [-0.1, -0.05) is 17.7 Å². The van der Waals surface area contributed by atoms with Crippen molar-refractivity contribution in [1.82, 2.24) is 8.87 Å². The molecule has 3 aromatic rings. The van der Waals surface area contributed by atoms with E-state index in [0.29, 0.717) is 11.3 Å². The van der Waals surface area contributed by atoms with E-state index in [1.165, 1.54) is 3.97 Å². The SMILES string of the molecule is COc1ccc2c(c1)c(CCN(C)C)cn2S(=O)(=O)c1ccc(C)cc1.Cl. The van der Waals surface area contributed by atoms with Crippen molar-refractivity contribution in [3.8, 4) is 5.75 Å². The number of aryl methyl sites for hydroxylation is 1. The smallest absolute Gasteiger partial charge is 0.268 e. The lowest BCUT2D eigenvalue weighted by Gasteiger charge is -2.08. The molecule has 7 heteroatoms. The van der Waals surface area contributed by atoms with Gasteiger partial charge >= 0.3 is 0 Å². The van der Waals surface area contributed by atoms with Gasteiger partial charge in [0.2, 0.25) is 0 Å². The van der Waals surface area contributed by atoms with Crippen LogP contribution >= 0.6 is 12.4 Å². The molecule has 0 aliphatic heterocycles. The number of methoxy groups -OCH3 is 1. The summed E-state index contributed by atoms with van der Waals surface area (Å²) in [5.41, 5.74) is 2.68. The van der Waals surface area contributed by atoms with E-state index in [-0.39, 0.29) is 17.3 Å². The highest BCUT2D eigenvalue weighted by Crippen LogP contribution is 2.29. The first-order valence-corrected chi connectivity index (χ1v) is 9.92. The van der Waals surface area contributed by atoms with Gasteiger partial charge in [-0.25, -0.2) is 12.4 Å². The van der Waals surface area contributed by atoms with Gasteiger partial charge in [0.15, 0.2) is 0 Å². The lowest BCUT2D eigenvalue weighted by molar-refractivity contribution is 0.413. The Hall–Kier alpha value is -2.02. The maximum atomic E-state index is 13.2. The van der Waals surface area contributed by atoms with E-state index in [1.807, 2.05) is 39.2 Å². The second-order valence-corrected chi connectivity index (χ2v) is 8.52. The molecule has 0 aliphatic rings. The minimum absolute atomic E-state index is 0. The Bertz CT molecular complexity index is 1030. The number of rotatable bonds is 6. The van der Waals surface area contributed by atoms with E-state index < -0.39 is 10.0 Å². The van der Waals surface area contributed by atoms with Crippen LogP contribution in [0.25, 0.3) is 10.9 Å². The summed E-state index contributed by atoms with van der Waals surface area (Å²) >= 11 is 0. The first-order chi connectivity index (χ1) is 12.3. The topological polar surface area (TPSA) is 51.5 Å². The van der Waals surface area contributed by atoms with Crippen LogP contribution in [0.1, 0.15) is 11.1 Å². The van der Waals surface area contributed by atoms with Gasteiger partial charge in [0, 0.05) is 18.1 Å². The number of fused-ring (bicyclic) bond motifs is 1. The molecule has 3 rings (SSSR count). The second kappa shape index (κ2) is 8.33. The lowest BCUT2D eigenvalue weighted by Crippen LogP contribution is -2.15. The van der Waals surface area contributed by atoms with Gasteiger partial charge < -0.3 is 9.64 Å². The van der Waals surface area contributed by atoms with Crippen LogP contribution < -0.4 is 4.74 Å². The number of ether oxygens (including phenoxy) is 1. The van der Waals surface area contributed by atoms with Gasteiger partial charge in [-0.15, -0.1) is 12.4 Å². The highest BCUT2D eigenvalue weighted by molar-refractivity contribution is 7.90. The predicted octanol–water partition coefficient (Wildman–Crippen LogP) is 3.72. The highest BCUT2D eigenvalue weighted by atomic mass is 35.5.